The quantitative estimate of drug-likeness (QED) is 0.0198. The Morgan fingerprint density at radius 2 is 0.791 bits per heavy atom. The monoisotopic (exact) mass is 1300 g/mol. The van der Waals surface area contributed by atoms with Crippen LogP contribution in [0.4, 0.5) is 47.7 Å². The van der Waals surface area contributed by atoms with Crippen molar-refractivity contribution in [1.29, 1.82) is 0 Å². The predicted octanol–water partition coefficient (Wildman–Crippen LogP) is 6.95. The highest BCUT2D eigenvalue weighted by molar-refractivity contribution is 7.95. The molecular formula is C49H29F2N6O23S6-5. The zero-order valence-electron chi connectivity index (χ0n) is 41.8. The number of carbonyl (C=O) groups excluding carboxylic acids is 5. The predicted molar refractivity (Wildman–Crippen MR) is 288 cm³/mol. The minimum atomic E-state index is -5.80. The van der Waals surface area contributed by atoms with E-state index in [0.717, 1.165) is 48.5 Å². The molecule has 8 aromatic rings. The van der Waals surface area contributed by atoms with Crippen LogP contribution in [-0.2, 0) is 82.9 Å². The fourth-order valence-corrected chi connectivity index (χ4v) is 12.0. The summed E-state index contributed by atoms with van der Waals surface area (Å²) in [4.78, 5) is 60.3. The molecule has 0 bridgehead atoms. The number of fused-ring (bicyclic) bond motifs is 2. The van der Waals surface area contributed by atoms with Gasteiger partial charge >= 0.3 is 6.03 Å². The second-order valence-electron chi connectivity index (χ2n) is 17.4. The molecule has 0 saturated heterocycles. The Balaban J connectivity index is 0.938. The van der Waals surface area contributed by atoms with Crippen molar-refractivity contribution in [3.63, 3.8) is 0 Å². The number of urea groups is 1. The van der Waals surface area contributed by atoms with Crippen molar-refractivity contribution in [1.82, 2.24) is 0 Å². The lowest BCUT2D eigenvalue weighted by Crippen LogP contribution is -2.21. The van der Waals surface area contributed by atoms with Crippen LogP contribution >= 0.6 is 12.0 Å². The summed E-state index contributed by atoms with van der Waals surface area (Å²) in [5.41, 5.74) is -3.63. The number of benzene rings is 8. The van der Waals surface area contributed by atoms with Gasteiger partial charge < -0.3 is 77.4 Å². The van der Waals surface area contributed by atoms with E-state index < -0.39 is 167 Å². The van der Waals surface area contributed by atoms with E-state index in [-0.39, 0.29) is 51.9 Å². The van der Waals surface area contributed by atoms with Crippen LogP contribution in [-0.4, -0.2) is 80.4 Å². The first-order chi connectivity index (χ1) is 40.1. The third-order valence-electron chi connectivity index (χ3n) is 11.8. The standard InChI is InChI=1S/C49H29F2N6O23S6/c50-33-9-7-25(47(60)54-35-11-13-40(84(70,71)72)31-19-29(82(64,65)66)21-39(43(31)35)81-80-79-63)17-37(33)56-45(58)23-3-1-5-27(15-23)52-49(62)53-28-6-2-4-24(16-28)46(59)57-38-18-26(8-10-34(38)51)48(61)55-36-12-14-41(85(73,74)75)32-20-30(83(67,68)69)22-42(44(32)36)86(76,77)78/h1-22H,(H7-10,52,53,54,55,56,57,58,59,60,61,62,63,64,65,66,67,68,69,70,71,72,73,74,75,76,77,78)/q-5. The van der Waals surface area contributed by atoms with Crippen LogP contribution in [0.25, 0.3) is 21.5 Å². The molecular weight excluding hydrogens is 1270 g/mol. The SMILES string of the molecule is O=C(Nc1cccc(C(=O)Nc2cc(C(=O)Nc3ccc([S+](=O)([O-])[O-])c4cc([S+](=O)([O-])[O-])cc(SOOO)c34)ccc2F)c1)Nc1cccc(C(=O)Nc2cc(C(=O)Nc3ccc([S+](=O)([O-])[O-])c4cc([S+](=O)([O-])[O-])cc([S+](=O)([O-])[O-])c34)ccc2F)c1. The van der Waals surface area contributed by atoms with Crippen molar-refractivity contribution in [3.8, 4) is 0 Å². The third-order valence-corrected chi connectivity index (χ3v) is 16.7. The van der Waals surface area contributed by atoms with Crippen LogP contribution in [0, 0.1) is 11.6 Å². The van der Waals surface area contributed by atoms with Crippen LogP contribution in [0.5, 0.6) is 0 Å². The van der Waals surface area contributed by atoms with Crippen LogP contribution in [0.2, 0.25) is 0 Å². The summed E-state index contributed by atoms with van der Waals surface area (Å²) >= 11 is 0.0344. The topological polar surface area (TPSA) is 512 Å². The smallest absolute Gasteiger partial charge is 0.323 e. The molecule has 7 N–H and O–H groups in total. The van der Waals surface area contributed by atoms with Crippen LogP contribution in [0.3, 0.4) is 0 Å². The van der Waals surface area contributed by atoms with E-state index >= 15 is 8.78 Å². The molecule has 0 aliphatic heterocycles. The second kappa shape index (κ2) is 24.7. The Labute approximate surface area is 489 Å². The first-order valence-electron chi connectivity index (χ1n) is 22.9. The maximum atomic E-state index is 15.2. The van der Waals surface area contributed by atoms with Gasteiger partial charge in [-0.1, -0.05) is 17.2 Å². The highest BCUT2D eigenvalue weighted by Crippen LogP contribution is 2.42. The van der Waals surface area contributed by atoms with Crippen molar-refractivity contribution in [2.75, 3.05) is 31.9 Å². The van der Waals surface area contributed by atoms with Gasteiger partial charge in [0.15, 0.2) is 24.5 Å². The van der Waals surface area contributed by atoms with E-state index in [1.54, 1.807) is 0 Å². The van der Waals surface area contributed by atoms with E-state index in [1.807, 2.05) is 0 Å². The molecule has 0 heterocycles. The van der Waals surface area contributed by atoms with E-state index in [2.05, 4.69) is 41.3 Å². The lowest BCUT2D eigenvalue weighted by molar-refractivity contribution is -0.432. The number of rotatable bonds is 18. The van der Waals surface area contributed by atoms with Gasteiger partial charge in [-0.25, -0.2) is 18.8 Å². The highest BCUT2D eigenvalue weighted by atomic mass is 32.3. The van der Waals surface area contributed by atoms with Crippen LogP contribution < -0.4 is 31.9 Å². The Morgan fingerprint density at radius 1 is 0.407 bits per heavy atom. The maximum absolute atomic E-state index is 15.2. The van der Waals surface area contributed by atoms with Gasteiger partial charge in [0.2, 0.25) is 0 Å². The van der Waals surface area contributed by atoms with Gasteiger partial charge in [-0.05, 0) is 97.1 Å². The number of hydrogen-bond donors (Lipinski definition) is 7. The molecule has 29 nitrogen and oxygen atoms in total. The molecule has 0 aromatic heterocycles. The van der Waals surface area contributed by atoms with Crippen LogP contribution in [0.15, 0.2) is 163 Å². The average molecular weight is 1300 g/mol. The third kappa shape index (κ3) is 14.7. The molecule has 86 heavy (non-hydrogen) atoms. The molecule has 8 aromatic carbocycles. The molecule has 448 valence electrons. The van der Waals surface area contributed by atoms with E-state index in [0.29, 0.717) is 42.5 Å². The van der Waals surface area contributed by atoms with Gasteiger partial charge in [-0.3, -0.25) is 19.2 Å². The summed E-state index contributed by atoms with van der Waals surface area (Å²) < 4.78 is 216. The van der Waals surface area contributed by atoms with Crippen molar-refractivity contribution in [2.45, 2.75) is 29.4 Å². The van der Waals surface area contributed by atoms with E-state index in [9.17, 15) is 90.5 Å². The number of halogens is 2. The largest absolute Gasteiger partial charge is 0.612 e. The van der Waals surface area contributed by atoms with Crippen molar-refractivity contribution >= 4 is 150 Å². The first-order valence-corrected chi connectivity index (χ1v) is 30.7. The molecule has 6 amide bonds. The number of anilines is 6. The summed E-state index contributed by atoms with van der Waals surface area (Å²) in [6.07, 6.45) is 0. The fraction of sp³-hybridized carbons (Fsp3) is 0. The fourth-order valence-electron chi connectivity index (χ4n) is 8.11. The summed E-state index contributed by atoms with van der Waals surface area (Å²) in [5.74, 6) is -6.53. The number of nitrogens with one attached hydrogen (secondary N) is 6. The van der Waals surface area contributed by atoms with Crippen LogP contribution in [0.1, 0.15) is 41.4 Å². The Morgan fingerprint density at radius 3 is 1.20 bits per heavy atom. The minimum absolute atomic E-state index is 0.0335. The molecule has 8 rings (SSSR count). The van der Waals surface area contributed by atoms with Gasteiger partial charge in [-0.2, -0.15) is 0 Å². The van der Waals surface area contributed by atoms with Crippen molar-refractivity contribution < 1.29 is 114 Å². The van der Waals surface area contributed by atoms with Gasteiger partial charge in [0.05, 0.1) is 45.1 Å². The molecule has 37 heteroatoms. The normalized spacial score (nSPS) is 12.2. The molecule has 0 radical (unpaired) electrons. The van der Waals surface area contributed by atoms with E-state index in [4.69, 9.17) is 5.26 Å². The van der Waals surface area contributed by atoms with Crippen molar-refractivity contribution in [2.24, 2.45) is 0 Å². The van der Waals surface area contributed by atoms with Gasteiger partial charge in [0.25, 0.3) is 23.6 Å². The molecule has 0 spiro atoms. The summed E-state index contributed by atoms with van der Waals surface area (Å²) in [6.45, 7) is 0. The molecule has 0 unspecified atom stereocenters. The van der Waals surface area contributed by atoms with Gasteiger partial charge in [0, 0.05) is 127 Å². The molecule has 0 aliphatic rings. The second-order valence-corrected chi connectivity index (χ2v) is 24.9. The van der Waals surface area contributed by atoms with E-state index in [1.165, 1.54) is 36.4 Å². The Hall–Kier alpha value is -8.13. The Bertz CT molecular complexity index is 4420. The average Bonchev–Trinajstić information content (AvgIpc) is 0.960. The van der Waals surface area contributed by atoms with Gasteiger partial charge in [0.1, 0.15) is 11.6 Å². The lowest BCUT2D eigenvalue weighted by Gasteiger charge is -2.25. The molecule has 0 aliphatic carbocycles. The summed E-state index contributed by atoms with van der Waals surface area (Å²) in [6, 6.07) is 18.4. The molecule has 0 saturated carbocycles. The lowest BCUT2D eigenvalue weighted by atomic mass is 10.1. The molecule has 0 fully saturated rings. The Kier molecular flexibility index (Phi) is 18.3. The zero-order valence-corrected chi connectivity index (χ0v) is 46.7. The minimum Gasteiger partial charge on any atom is -0.612 e. The maximum Gasteiger partial charge on any atom is 0.323 e. The first kappa shape index (κ1) is 63.9. The highest BCUT2D eigenvalue weighted by Gasteiger charge is 2.29. The van der Waals surface area contributed by atoms with Crippen molar-refractivity contribution in [3.05, 3.63) is 167 Å². The number of hydrogen-bond acceptors (Lipinski definition) is 24. The summed E-state index contributed by atoms with van der Waals surface area (Å²) in [5, 5.41) is 23.0. The number of carbonyl (C=O) groups is 5. The van der Waals surface area contributed by atoms with Gasteiger partial charge in [-0.15, -0.1) is 25.4 Å². The number of amides is 6. The summed E-state index contributed by atoms with van der Waals surface area (Å²) in [7, 11) is -27.7. The zero-order chi connectivity index (χ0) is 63.0. The molecule has 0 atom stereocenters.